The van der Waals surface area contributed by atoms with Crippen LogP contribution in [0.25, 0.3) is 0 Å². The average Bonchev–Trinajstić information content (AvgIpc) is 2.57. The summed E-state index contributed by atoms with van der Waals surface area (Å²) in [5.41, 5.74) is 0. The minimum atomic E-state index is 0. The number of unbranched alkanes of at least 4 members (excludes halogenated alkanes) is 1. The van der Waals surface area contributed by atoms with Crippen LogP contribution in [0.4, 0.5) is 0 Å². The van der Waals surface area contributed by atoms with E-state index >= 15 is 0 Å². The summed E-state index contributed by atoms with van der Waals surface area (Å²) in [4.78, 5) is 6.89. The quantitative estimate of drug-likeness (QED) is 0.153. The van der Waals surface area contributed by atoms with Gasteiger partial charge in [0, 0.05) is 60.2 Å². The van der Waals surface area contributed by atoms with Crippen LogP contribution in [0.5, 0.6) is 0 Å². The van der Waals surface area contributed by atoms with E-state index < -0.39 is 0 Å². The van der Waals surface area contributed by atoms with Crippen molar-refractivity contribution in [1.29, 1.82) is 0 Å². The van der Waals surface area contributed by atoms with Gasteiger partial charge < -0.3 is 29.7 Å². The van der Waals surface area contributed by atoms with Crippen molar-refractivity contribution in [3.05, 3.63) is 0 Å². The minimum absolute atomic E-state index is 0. The van der Waals surface area contributed by atoms with Gasteiger partial charge in [0.1, 0.15) is 0 Å². The second kappa shape index (κ2) is 21.9. The van der Waals surface area contributed by atoms with Gasteiger partial charge in [0.15, 0.2) is 5.96 Å². The first-order valence-corrected chi connectivity index (χ1v) is 9.00. The number of halogens is 1. The molecule has 0 amide bonds. The summed E-state index contributed by atoms with van der Waals surface area (Å²) in [5.74, 6) is 0.892. The molecular formula is C17H39IN4O3. The van der Waals surface area contributed by atoms with Crippen LogP contribution in [-0.2, 0) is 14.2 Å². The fraction of sp³-hybridized carbons (Fsp3) is 0.941. The molecule has 0 spiro atoms. The van der Waals surface area contributed by atoms with E-state index in [2.05, 4.69) is 34.5 Å². The van der Waals surface area contributed by atoms with Crippen LogP contribution >= 0.6 is 24.0 Å². The lowest BCUT2D eigenvalue weighted by atomic mass is 10.3. The van der Waals surface area contributed by atoms with Crippen molar-refractivity contribution in [3.63, 3.8) is 0 Å². The Kier molecular flexibility index (Phi) is 23.7. The van der Waals surface area contributed by atoms with E-state index in [1.54, 1.807) is 14.2 Å². The maximum atomic E-state index is 5.44. The van der Waals surface area contributed by atoms with Crippen LogP contribution in [0.1, 0.15) is 26.2 Å². The summed E-state index contributed by atoms with van der Waals surface area (Å²) in [7, 11) is 5.56. The van der Waals surface area contributed by atoms with Gasteiger partial charge in [-0.2, -0.15) is 0 Å². The van der Waals surface area contributed by atoms with Crippen molar-refractivity contribution < 1.29 is 14.2 Å². The van der Waals surface area contributed by atoms with Gasteiger partial charge in [0.2, 0.25) is 0 Å². The van der Waals surface area contributed by atoms with Gasteiger partial charge in [0.25, 0.3) is 0 Å². The monoisotopic (exact) mass is 474 g/mol. The summed E-state index contributed by atoms with van der Waals surface area (Å²) in [6, 6.07) is 0. The third-order valence-electron chi connectivity index (χ3n) is 3.42. The van der Waals surface area contributed by atoms with Crippen molar-refractivity contribution in [2.45, 2.75) is 26.2 Å². The van der Waals surface area contributed by atoms with Gasteiger partial charge in [-0.3, -0.25) is 4.99 Å². The Hall–Kier alpha value is -0.160. The molecule has 0 aromatic heterocycles. The molecule has 0 aromatic rings. The summed E-state index contributed by atoms with van der Waals surface area (Å²) in [6.07, 6.45) is 3.11. The first-order chi connectivity index (χ1) is 11.7. The lowest BCUT2D eigenvalue weighted by molar-refractivity contribution is 0.0690. The number of rotatable bonds is 16. The van der Waals surface area contributed by atoms with E-state index in [0.717, 1.165) is 71.2 Å². The first kappa shape index (κ1) is 27.1. The SMILES string of the molecule is CCNC(=NCCCCOCCOC)NCCN(C)CCCOC.I. The van der Waals surface area contributed by atoms with E-state index in [1.807, 2.05) is 0 Å². The molecule has 2 N–H and O–H groups in total. The van der Waals surface area contributed by atoms with Gasteiger partial charge in [-0.15, -0.1) is 24.0 Å². The maximum absolute atomic E-state index is 5.44. The van der Waals surface area contributed by atoms with E-state index in [0.29, 0.717) is 13.2 Å². The molecule has 0 rings (SSSR count). The van der Waals surface area contributed by atoms with Crippen molar-refractivity contribution >= 4 is 29.9 Å². The Labute approximate surface area is 171 Å². The predicted octanol–water partition coefficient (Wildman–Crippen LogP) is 1.57. The minimum Gasteiger partial charge on any atom is -0.385 e. The van der Waals surface area contributed by atoms with Gasteiger partial charge in [-0.25, -0.2) is 0 Å². The van der Waals surface area contributed by atoms with Crippen molar-refractivity contribution in [2.24, 2.45) is 4.99 Å². The average molecular weight is 474 g/mol. The van der Waals surface area contributed by atoms with Gasteiger partial charge >= 0.3 is 0 Å². The van der Waals surface area contributed by atoms with Gasteiger partial charge in [-0.1, -0.05) is 0 Å². The van der Waals surface area contributed by atoms with Crippen LogP contribution in [-0.4, -0.2) is 91.3 Å². The second-order valence-electron chi connectivity index (χ2n) is 5.65. The molecular weight excluding hydrogens is 435 g/mol. The Morgan fingerprint density at radius 3 is 2.36 bits per heavy atom. The molecule has 0 radical (unpaired) electrons. The zero-order valence-electron chi connectivity index (χ0n) is 16.5. The molecule has 0 aliphatic heterocycles. The molecule has 0 aliphatic rings. The molecule has 0 unspecified atom stereocenters. The molecule has 0 atom stereocenters. The fourth-order valence-electron chi connectivity index (χ4n) is 2.05. The number of likely N-dealkylation sites (N-methyl/N-ethyl adjacent to an activating group) is 1. The first-order valence-electron chi connectivity index (χ1n) is 9.00. The highest BCUT2D eigenvalue weighted by molar-refractivity contribution is 14.0. The Morgan fingerprint density at radius 1 is 0.920 bits per heavy atom. The Morgan fingerprint density at radius 2 is 1.68 bits per heavy atom. The molecule has 152 valence electrons. The summed E-state index contributed by atoms with van der Waals surface area (Å²) < 4.78 is 15.4. The van der Waals surface area contributed by atoms with E-state index in [1.165, 1.54) is 0 Å². The van der Waals surface area contributed by atoms with Crippen molar-refractivity contribution in [1.82, 2.24) is 15.5 Å². The zero-order chi connectivity index (χ0) is 17.9. The topological polar surface area (TPSA) is 67.4 Å². The molecule has 25 heavy (non-hydrogen) atoms. The summed E-state index contributed by atoms with van der Waals surface area (Å²) >= 11 is 0. The lowest BCUT2D eigenvalue weighted by Gasteiger charge is -2.18. The third-order valence-corrected chi connectivity index (χ3v) is 3.42. The molecule has 0 saturated carbocycles. The lowest BCUT2D eigenvalue weighted by Crippen LogP contribution is -2.41. The second-order valence-corrected chi connectivity index (χ2v) is 5.65. The molecule has 0 aliphatic carbocycles. The van der Waals surface area contributed by atoms with Gasteiger partial charge in [0.05, 0.1) is 13.2 Å². The fourth-order valence-corrected chi connectivity index (χ4v) is 2.05. The molecule has 7 nitrogen and oxygen atoms in total. The molecule has 8 heteroatoms. The summed E-state index contributed by atoms with van der Waals surface area (Å²) in [6.45, 7) is 9.60. The standard InChI is InChI=1S/C17H38N4O3.HI/c1-5-18-17(19-9-6-7-14-24-16-15-23-4)20-10-12-21(2)11-8-13-22-3;/h5-16H2,1-4H3,(H2,18,19,20);1H. The maximum Gasteiger partial charge on any atom is 0.191 e. The third kappa shape index (κ3) is 20.0. The normalized spacial score (nSPS) is 11.5. The highest BCUT2D eigenvalue weighted by Gasteiger charge is 2.00. The molecule has 0 bridgehead atoms. The van der Waals surface area contributed by atoms with E-state index in [-0.39, 0.29) is 24.0 Å². The van der Waals surface area contributed by atoms with Crippen LogP contribution < -0.4 is 10.6 Å². The number of guanidine groups is 1. The Balaban J connectivity index is 0. The predicted molar refractivity (Wildman–Crippen MR) is 115 cm³/mol. The number of hydrogen-bond acceptors (Lipinski definition) is 5. The van der Waals surface area contributed by atoms with Crippen LogP contribution in [0, 0.1) is 0 Å². The summed E-state index contributed by atoms with van der Waals surface area (Å²) in [5, 5.41) is 6.66. The van der Waals surface area contributed by atoms with Crippen molar-refractivity contribution in [2.75, 3.05) is 80.4 Å². The molecule has 0 aromatic carbocycles. The molecule has 0 fully saturated rings. The number of ether oxygens (including phenoxy) is 3. The molecule has 0 heterocycles. The number of hydrogen-bond donors (Lipinski definition) is 2. The number of nitrogens with one attached hydrogen (secondary N) is 2. The van der Waals surface area contributed by atoms with E-state index in [9.17, 15) is 0 Å². The number of aliphatic imine (C=N–C) groups is 1. The van der Waals surface area contributed by atoms with Crippen LogP contribution in [0.15, 0.2) is 4.99 Å². The van der Waals surface area contributed by atoms with Crippen molar-refractivity contribution in [3.8, 4) is 0 Å². The van der Waals surface area contributed by atoms with Crippen LogP contribution in [0.2, 0.25) is 0 Å². The van der Waals surface area contributed by atoms with Crippen LogP contribution in [0.3, 0.4) is 0 Å². The highest BCUT2D eigenvalue weighted by atomic mass is 127. The molecule has 0 saturated heterocycles. The smallest absolute Gasteiger partial charge is 0.191 e. The zero-order valence-corrected chi connectivity index (χ0v) is 18.8. The van der Waals surface area contributed by atoms with Gasteiger partial charge in [-0.05, 0) is 33.2 Å². The van der Waals surface area contributed by atoms with E-state index in [4.69, 9.17) is 14.2 Å². The number of nitrogens with zero attached hydrogens (tertiary/aromatic N) is 2. The Bertz CT molecular complexity index is 297. The highest BCUT2D eigenvalue weighted by Crippen LogP contribution is 1.92. The number of methoxy groups -OCH3 is 2. The largest absolute Gasteiger partial charge is 0.385 e.